The molecule has 2 aliphatic rings. The molecule has 0 spiro atoms. The quantitative estimate of drug-likeness (QED) is 0.471. The zero-order chi connectivity index (χ0) is 23.4. The largest absolute Gasteiger partial charge is 0.454 e. The molecule has 4 heteroatoms. The summed E-state index contributed by atoms with van der Waals surface area (Å²) in [6, 6.07) is 20.9. The Kier molecular flexibility index (Phi) is 5.00. The second-order valence-corrected chi connectivity index (χ2v) is 10.3. The fraction of sp³-hybridized carbons (Fsp3) is 0.345. The van der Waals surface area contributed by atoms with Crippen molar-refractivity contribution in [2.45, 2.75) is 51.4 Å². The van der Waals surface area contributed by atoms with Crippen LogP contribution in [0.3, 0.4) is 0 Å². The lowest BCUT2D eigenvalue weighted by atomic mass is 9.86. The van der Waals surface area contributed by atoms with Gasteiger partial charge in [0.15, 0.2) is 11.5 Å². The lowest BCUT2D eigenvalue weighted by molar-refractivity contribution is -0.120. The predicted octanol–water partition coefficient (Wildman–Crippen LogP) is 6.38. The summed E-state index contributed by atoms with van der Waals surface area (Å²) in [4.78, 5) is 15.5. The zero-order valence-electron chi connectivity index (χ0n) is 20.1. The van der Waals surface area contributed by atoms with Gasteiger partial charge in [-0.3, -0.25) is 4.79 Å². The van der Waals surface area contributed by atoms with E-state index in [0.717, 1.165) is 41.2 Å². The highest BCUT2D eigenvalue weighted by molar-refractivity contribution is 6.03. The first kappa shape index (κ1) is 21.6. The summed E-state index contributed by atoms with van der Waals surface area (Å²) in [5.74, 6) is 1.60. The van der Waals surface area contributed by atoms with Gasteiger partial charge in [-0.05, 0) is 77.3 Å². The van der Waals surface area contributed by atoms with E-state index in [9.17, 15) is 4.79 Å². The third kappa shape index (κ3) is 3.78. The SMILES string of the molecule is Cc1ccc(N(C)C(=O)C2(c3ccc4c(c3)OCO4)CC2)cc1-c1ccc(C(C)(C)C)cc1. The lowest BCUT2D eigenvalue weighted by Gasteiger charge is -2.25. The van der Waals surface area contributed by atoms with Gasteiger partial charge < -0.3 is 14.4 Å². The first-order valence-electron chi connectivity index (χ1n) is 11.6. The highest BCUT2D eigenvalue weighted by Gasteiger charge is 2.53. The number of nitrogens with zero attached hydrogens (tertiary/aromatic N) is 1. The summed E-state index contributed by atoms with van der Waals surface area (Å²) in [6.45, 7) is 9.03. The molecule has 0 aromatic heterocycles. The molecular formula is C29H31NO3. The second-order valence-electron chi connectivity index (χ2n) is 10.3. The van der Waals surface area contributed by atoms with Crippen LogP contribution in [0.2, 0.25) is 0 Å². The van der Waals surface area contributed by atoms with Crippen molar-refractivity contribution in [3.8, 4) is 22.6 Å². The van der Waals surface area contributed by atoms with Gasteiger partial charge in [-0.2, -0.15) is 0 Å². The number of carbonyl (C=O) groups is 1. The number of benzene rings is 3. The first-order valence-corrected chi connectivity index (χ1v) is 11.6. The third-order valence-corrected chi connectivity index (χ3v) is 7.06. The molecule has 170 valence electrons. The van der Waals surface area contributed by atoms with Gasteiger partial charge in [0, 0.05) is 12.7 Å². The van der Waals surface area contributed by atoms with Gasteiger partial charge in [0.2, 0.25) is 12.7 Å². The minimum absolute atomic E-state index is 0.120. The number of ether oxygens (including phenoxy) is 2. The zero-order valence-corrected chi connectivity index (χ0v) is 20.1. The molecule has 0 N–H and O–H groups in total. The van der Waals surface area contributed by atoms with Gasteiger partial charge in [-0.1, -0.05) is 57.2 Å². The number of aryl methyl sites for hydroxylation is 1. The Hall–Kier alpha value is -3.27. The first-order chi connectivity index (χ1) is 15.7. The van der Waals surface area contributed by atoms with Crippen LogP contribution >= 0.6 is 0 Å². The lowest BCUT2D eigenvalue weighted by Crippen LogP contribution is -2.36. The Balaban J connectivity index is 1.43. The molecule has 5 rings (SSSR count). The molecule has 3 aromatic rings. The van der Waals surface area contributed by atoms with Crippen molar-refractivity contribution in [1.29, 1.82) is 0 Å². The third-order valence-electron chi connectivity index (χ3n) is 7.06. The summed E-state index contributed by atoms with van der Waals surface area (Å²) in [7, 11) is 1.88. The summed E-state index contributed by atoms with van der Waals surface area (Å²) in [6.07, 6.45) is 1.70. The van der Waals surface area contributed by atoms with Crippen molar-refractivity contribution in [3.63, 3.8) is 0 Å². The molecule has 4 nitrogen and oxygen atoms in total. The van der Waals surface area contributed by atoms with Crippen LogP contribution in [0.25, 0.3) is 11.1 Å². The van der Waals surface area contributed by atoms with Crippen molar-refractivity contribution in [1.82, 2.24) is 0 Å². The fourth-order valence-corrected chi connectivity index (χ4v) is 4.66. The van der Waals surface area contributed by atoms with Crippen LogP contribution in [0, 0.1) is 6.92 Å². The molecule has 1 aliphatic carbocycles. The summed E-state index contributed by atoms with van der Waals surface area (Å²) in [5, 5.41) is 0. The van der Waals surface area contributed by atoms with Gasteiger partial charge >= 0.3 is 0 Å². The number of hydrogen-bond donors (Lipinski definition) is 0. The van der Waals surface area contributed by atoms with Crippen LogP contribution in [0.15, 0.2) is 60.7 Å². The minimum Gasteiger partial charge on any atom is -0.454 e. The van der Waals surface area contributed by atoms with E-state index >= 15 is 0 Å². The molecule has 0 bridgehead atoms. The second kappa shape index (κ2) is 7.65. The van der Waals surface area contributed by atoms with Gasteiger partial charge in [0.25, 0.3) is 0 Å². The molecule has 0 unspecified atom stereocenters. The topological polar surface area (TPSA) is 38.8 Å². The predicted molar refractivity (Wildman–Crippen MR) is 132 cm³/mol. The molecule has 1 aliphatic heterocycles. The number of rotatable bonds is 4. The van der Waals surface area contributed by atoms with Crippen molar-refractivity contribution >= 4 is 11.6 Å². The standard InChI is InChI=1S/C29H31NO3/c1-19-6-12-23(17-24(19)20-7-9-21(10-8-20)28(2,3)4)30(5)27(31)29(14-15-29)22-11-13-25-26(16-22)33-18-32-25/h6-13,16-17H,14-15,18H2,1-5H3. The average molecular weight is 442 g/mol. The number of hydrogen-bond acceptors (Lipinski definition) is 3. The molecule has 1 heterocycles. The van der Waals surface area contributed by atoms with E-state index in [1.165, 1.54) is 16.7 Å². The maximum Gasteiger partial charge on any atom is 0.237 e. The van der Waals surface area contributed by atoms with Gasteiger partial charge in [-0.15, -0.1) is 0 Å². The molecule has 33 heavy (non-hydrogen) atoms. The van der Waals surface area contributed by atoms with E-state index in [1.807, 2.05) is 36.2 Å². The van der Waals surface area contributed by atoms with Crippen LogP contribution in [-0.2, 0) is 15.6 Å². The Morgan fingerprint density at radius 1 is 0.909 bits per heavy atom. The number of fused-ring (bicyclic) bond motifs is 1. The van der Waals surface area contributed by atoms with Crippen LogP contribution in [0.4, 0.5) is 5.69 Å². The number of anilines is 1. The Morgan fingerprint density at radius 2 is 1.61 bits per heavy atom. The van der Waals surface area contributed by atoms with E-state index in [-0.39, 0.29) is 18.1 Å². The van der Waals surface area contributed by atoms with Crippen molar-refractivity contribution in [2.24, 2.45) is 0 Å². The minimum atomic E-state index is -0.477. The molecule has 0 saturated heterocycles. The molecule has 0 atom stereocenters. The van der Waals surface area contributed by atoms with Crippen molar-refractivity contribution < 1.29 is 14.3 Å². The number of carbonyl (C=O) groups excluding carboxylic acids is 1. The normalized spacial score (nSPS) is 15.9. The molecule has 1 fully saturated rings. The highest BCUT2D eigenvalue weighted by atomic mass is 16.7. The van der Waals surface area contributed by atoms with Gasteiger partial charge in [0.05, 0.1) is 5.41 Å². The van der Waals surface area contributed by atoms with Crippen LogP contribution in [-0.4, -0.2) is 19.7 Å². The molecular weight excluding hydrogens is 410 g/mol. The van der Waals surface area contributed by atoms with Crippen molar-refractivity contribution in [3.05, 3.63) is 77.4 Å². The molecule has 1 saturated carbocycles. The van der Waals surface area contributed by atoms with E-state index < -0.39 is 5.41 Å². The summed E-state index contributed by atoms with van der Waals surface area (Å²) < 4.78 is 11.0. The monoisotopic (exact) mass is 441 g/mol. The molecule has 0 radical (unpaired) electrons. The van der Waals surface area contributed by atoms with Crippen LogP contribution in [0.1, 0.15) is 50.3 Å². The maximum atomic E-state index is 13.7. The Labute approximate surface area is 196 Å². The fourth-order valence-electron chi connectivity index (χ4n) is 4.66. The van der Waals surface area contributed by atoms with Crippen molar-refractivity contribution in [2.75, 3.05) is 18.7 Å². The number of amides is 1. The van der Waals surface area contributed by atoms with Crippen LogP contribution < -0.4 is 14.4 Å². The number of likely N-dealkylation sites (N-methyl/N-ethyl adjacent to an activating group) is 1. The van der Waals surface area contributed by atoms with Crippen LogP contribution in [0.5, 0.6) is 11.5 Å². The van der Waals surface area contributed by atoms with E-state index in [2.05, 4.69) is 64.1 Å². The van der Waals surface area contributed by atoms with E-state index in [0.29, 0.717) is 0 Å². The Bertz CT molecular complexity index is 1220. The summed E-state index contributed by atoms with van der Waals surface area (Å²) >= 11 is 0. The molecule has 3 aromatic carbocycles. The van der Waals surface area contributed by atoms with E-state index in [4.69, 9.17) is 9.47 Å². The smallest absolute Gasteiger partial charge is 0.237 e. The Morgan fingerprint density at radius 3 is 2.27 bits per heavy atom. The average Bonchev–Trinajstić information content (AvgIpc) is 3.48. The van der Waals surface area contributed by atoms with Gasteiger partial charge in [0.1, 0.15) is 0 Å². The van der Waals surface area contributed by atoms with E-state index in [1.54, 1.807) is 0 Å². The van der Waals surface area contributed by atoms with Gasteiger partial charge in [-0.25, -0.2) is 0 Å². The maximum absolute atomic E-state index is 13.7. The molecule has 1 amide bonds. The highest BCUT2D eigenvalue weighted by Crippen LogP contribution is 2.52. The summed E-state index contributed by atoms with van der Waals surface area (Å²) in [5.41, 5.74) is 6.39.